The molecule has 1 aliphatic heterocycles. The Morgan fingerprint density at radius 1 is 1.14 bits per heavy atom. The van der Waals surface area contributed by atoms with Gasteiger partial charge in [0.15, 0.2) is 0 Å². The molecule has 14 heavy (non-hydrogen) atoms. The third-order valence-corrected chi connectivity index (χ3v) is 3.08. The number of carbonyl (C=O) groups is 1. The van der Waals surface area contributed by atoms with Crippen LogP contribution in [-0.4, -0.2) is 5.97 Å². The van der Waals surface area contributed by atoms with Crippen LogP contribution in [0.4, 0.5) is 5.69 Å². The molecule has 0 saturated carbocycles. The van der Waals surface area contributed by atoms with Crippen molar-refractivity contribution in [3.05, 3.63) is 27.8 Å². The highest BCUT2D eigenvalue weighted by Crippen LogP contribution is 2.33. The maximum absolute atomic E-state index is 11.4. The average Bonchev–Trinajstić information content (AvgIpc) is 2.54. The van der Waals surface area contributed by atoms with Crippen molar-refractivity contribution in [2.75, 3.05) is 5.73 Å². The lowest BCUT2D eigenvalue weighted by Crippen LogP contribution is -2.05. The molecule has 0 fully saturated rings. The summed E-state index contributed by atoms with van der Waals surface area (Å²) in [4.78, 5) is 11.4. The molecule has 1 heterocycles. The maximum atomic E-state index is 11.4. The van der Waals surface area contributed by atoms with Gasteiger partial charge in [0.25, 0.3) is 0 Å². The molecule has 74 valence electrons. The number of hydrogen-bond acceptors (Lipinski definition) is 3. The molecule has 0 unspecified atom stereocenters. The molecule has 1 aromatic rings. The Bertz CT molecular complexity index is 436. The van der Waals surface area contributed by atoms with E-state index in [0.29, 0.717) is 17.9 Å². The van der Waals surface area contributed by atoms with Crippen LogP contribution in [0.25, 0.3) is 0 Å². The van der Waals surface area contributed by atoms with E-state index in [1.54, 1.807) is 0 Å². The molecule has 0 radical (unpaired) electrons. The molecule has 3 heteroatoms. The topological polar surface area (TPSA) is 52.3 Å². The van der Waals surface area contributed by atoms with E-state index >= 15 is 0 Å². The van der Waals surface area contributed by atoms with Gasteiger partial charge in [0, 0.05) is 11.3 Å². The minimum atomic E-state index is -0.243. The van der Waals surface area contributed by atoms with E-state index in [1.165, 1.54) is 0 Å². The highest BCUT2D eigenvalue weighted by molar-refractivity contribution is 5.97. The SMILES string of the molecule is Cc1c(C)c(N)c2c(c1C)C(=O)OC2. The zero-order valence-electron chi connectivity index (χ0n) is 8.60. The number of rotatable bonds is 0. The molecule has 0 spiro atoms. The highest BCUT2D eigenvalue weighted by Gasteiger charge is 2.27. The van der Waals surface area contributed by atoms with Gasteiger partial charge in [-0.15, -0.1) is 0 Å². The normalized spacial score (nSPS) is 14.1. The van der Waals surface area contributed by atoms with Gasteiger partial charge < -0.3 is 10.5 Å². The van der Waals surface area contributed by atoms with Gasteiger partial charge in [-0.05, 0) is 37.5 Å². The number of nitrogens with two attached hydrogens (primary N) is 1. The summed E-state index contributed by atoms with van der Waals surface area (Å²) >= 11 is 0. The summed E-state index contributed by atoms with van der Waals surface area (Å²) in [6, 6.07) is 0. The van der Waals surface area contributed by atoms with Crippen molar-refractivity contribution in [2.24, 2.45) is 0 Å². The highest BCUT2D eigenvalue weighted by atomic mass is 16.5. The number of fused-ring (bicyclic) bond motifs is 1. The van der Waals surface area contributed by atoms with Crippen molar-refractivity contribution in [3.8, 4) is 0 Å². The van der Waals surface area contributed by atoms with Crippen LogP contribution in [0.1, 0.15) is 32.6 Å². The Morgan fingerprint density at radius 2 is 1.79 bits per heavy atom. The van der Waals surface area contributed by atoms with E-state index in [9.17, 15) is 4.79 Å². The molecule has 3 nitrogen and oxygen atoms in total. The number of hydrogen-bond donors (Lipinski definition) is 1. The summed E-state index contributed by atoms with van der Waals surface area (Å²) in [6.07, 6.45) is 0. The zero-order valence-corrected chi connectivity index (χ0v) is 8.60. The zero-order chi connectivity index (χ0) is 10.5. The molecule has 0 atom stereocenters. The number of cyclic esters (lactones) is 1. The quantitative estimate of drug-likeness (QED) is 0.503. The number of ether oxygens (including phenoxy) is 1. The summed E-state index contributed by atoms with van der Waals surface area (Å²) in [5.74, 6) is -0.243. The molecule has 1 aliphatic rings. The van der Waals surface area contributed by atoms with Crippen molar-refractivity contribution in [2.45, 2.75) is 27.4 Å². The van der Waals surface area contributed by atoms with Crippen molar-refractivity contribution in [3.63, 3.8) is 0 Å². The number of anilines is 1. The van der Waals surface area contributed by atoms with Crippen molar-refractivity contribution in [1.82, 2.24) is 0 Å². The first-order chi connectivity index (χ1) is 6.54. The van der Waals surface area contributed by atoms with E-state index in [0.717, 1.165) is 22.3 Å². The van der Waals surface area contributed by atoms with Crippen LogP contribution < -0.4 is 5.73 Å². The summed E-state index contributed by atoms with van der Waals surface area (Å²) in [5.41, 5.74) is 11.3. The van der Waals surface area contributed by atoms with Gasteiger partial charge in [-0.25, -0.2) is 4.79 Å². The fourth-order valence-corrected chi connectivity index (χ4v) is 1.89. The lowest BCUT2D eigenvalue weighted by molar-refractivity contribution is 0.0535. The molecule has 0 saturated heterocycles. The van der Waals surface area contributed by atoms with Crippen LogP contribution in [0.15, 0.2) is 0 Å². The third-order valence-electron chi connectivity index (χ3n) is 3.08. The predicted molar refractivity (Wildman–Crippen MR) is 54.2 cm³/mol. The van der Waals surface area contributed by atoms with Gasteiger partial charge in [-0.1, -0.05) is 0 Å². The van der Waals surface area contributed by atoms with Crippen LogP contribution in [0.5, 0.6) is 0 Å². The van der Waals surface area contributed by atoms with E-state index in [-0.39, 0.29) is 5.97 Å². The first kappa shape index (κ1) is 9.06. The number of nitrogen functional groups attached to an aromatic ring is 1. The average molecular weight is 191 g/mol. The molecule has 2 N–H and O–H groups in total. The van der Waals surface area contributed by atoms with Crippen molar-refractivity contribution >= 4 is 11.7 Å². The standard InChI is InChI=1S/C11H13NO2/c1-5-6(2)9-8(4-14-11(9)13)10(12)7(5)3/h4,12H2,1-3H3. The summed E-state index contributed by atoms with van der Waals surface area (Å²) in [6.45, 7) is 6.21. The molecule has 0 bridgehead atoms. The van der Waals surface area contributed by atoms with Crippen LogP contribution in [0, 0.1) is 20.8 Å². The number of carbonyl (C=O) groups excluding carboxylic acids is 1. The molecule has 0 amide bonds. The maximum Gasteiger partial charge on any atom is 0.339 e. The largest absolute Gasteiger partial charge is 0.457 e. The Balaban J connectivity index is 2.84. The third kappa shape index (κ3) is 0.953. The minimum absolute atomic E-state index is 0.243. The van der Waals surface area contributed by atoms with Gasteiger partial charge in [0.05, 0.1) is 5.56 Å². The molecular weight excluding hydrogens is 178 g/mol. The van der Waals surface area contributed by atoms with E-state index < -0.39 is 0 Å². The Hall–Kier alpha value is -1.51. The van der Waals surface area contributed by atoms with Crippen LogP contribution in [-0.2, 0) is 11.3 Å². The Morgan fingerprint density at radius 3 is 2.43 bits per heavy atom. The van der Waals surface area contributed by atoms with Gasteiger partial charge >= 0.3 is 5.97 Å². The summed E-state index contributed by atoms with van der Waals surface area (Å²) < 4.78 is 4.98. The van der Waals surface area contributed by atoms with Gasteiger partial charge in [-0.3, -0.25) is 0 Å². The first-order valence-electron chi connectivity index (χ1n) is 4.59. The van der Waals surface area contributed by atoms with E-state index in [4.69, 9.17) is 10.5 Å². The fourth-order valence-electron chi connectivity index (χ4n) is 1.89. The van der Waals surface area contributed by atoms with Gasteiger partial charge in [-0.2, -0.15) is 0 Å². The number of esters is 1. The lowest BCUT2D eigenvalue weighted by Gasteiger charge is -2.12. The minimum Gasteiger partial charge on any atom is -0.457 e. The van der Waals surface area contributed by atoms with Crippen molar-refractivity contribution in [1.29, 1.82) is 0 Å². The Kier molecular flexibility index (Phi) is 1.77. The number of benzene rings is 1. The predicted octanol–water partition coefficient (Wildman–Crippen LogP) is 1.86. The second-order valence-corrected chi connectivity index (χ2v) is 3.72. The summed E-state index contributed by atoms with van der Waals surface area (Å²) in [5, 5.41) is 0. The van der Waals surface area contributed by atoms with E-state index in [2.05, 4.69) is 0 Å². The fraction of sp³-hybridized carbons (Fsp3) is 0.364. The molecule has 1 aromatic carbocycles. The second kappa shape index (κ2) is 2.74. The lowest BCUT2D eigenvalue weighted by atomic mass is 9.93. The van der Waals surface area contributed by atoms with E-state index in [1.807, 2.05) is 20.8 Å². The Labute approximate surface area is 82.9 Å². The first-order valence-corrected chi connectivity index (χ1v) is 4.59. The smallest absolute Gasteiger partial charge is 0.339 e. The van der Waals surface area contributed by atoms with Crippen molar-refractivity contribution < 1.29 is 9.53 Å². The monoisotopic (exact) mass is 191 g/mol. The molecule has 0 aromatic heterocycles. The van der Waals surface area contributed by atoms with Crippen LogP contribution >= 0.6 is 0 Å². The molecule has 2 rings (SSSR count). The summed E-state index contributed by atoms with van der Waals surface area (Å²) in [7, 11) is 0. The van der Waals surface area contributed by atoms with Crippen LogP contribution in [0.2, 0.25) is 0 Å². The second-order valence-electron chi connectivity index (χ2n) is 3.72. The molecule has 0 aliphatic carbocycles. The van der Waals surface area contributed by atoms with Crippen LogP contribution in [0.3, 0.4) is 0 Å². The molecular formula is C11H13NO2. The van der Waals surface area contributed by atoms with Gasteiger partial charge in [0.1, 0.15) is 6.61 Å². The van der Waals surface area contributed by atoms with Gasteiger partial charge in [0.2, 0.25) is 0 Å².